The summed E-state index contributed by atoms with van der Waals surface area (Å²) in [5.41, 5.74) is 2.13. The molecule has 0 atom stereocenters. The summed E-state index contributed by atoms with van der Waals surface area (Å²) in [6.45, 7) is 6.73. The minimum atomic E-state index is 0.487. The molecule has 2 aromatic rings. The summed E-state index contributed by atoms with van der Waals surface area (Å²) in [6, 6.07) is 8.03. The zero-order valence-corrected chi connectivity index (χ0v) is 14.4. The fourth-order valence-corrected chi connectivity index (χ4v) is 2.36. The van der Waals surface area contributed by atoms with E-state index < -0.39 is 0 Å². The highest BCUT2D eigenvalue weighted by molar-refractivity contribution is 9.10. The van der Waals surface area contributed by atoms with Crippen molar-refractivity contribution in [3.8, 4) is 5.75 Å². The summed E-state index contributed by atoms with van der Waals surface area (Å²) in [6.07, 6.45) is 1.92. The second-order valence-corrected chi connectivity index (χ2v) is 6.40. The minimum absolute atomic E-state index is 0.487. The fraction of sp³-hybridized carbons (Fsp3) is 0.438. The predicted molar refractivity (Wildman–Crippen MR) is 88.2 cm³/mol. The van der Waals surface area contributed by atoms with Gasteiger partial charge in [0.15, 0.2) is 0 Å². The summed E-state index contributed by atoms with van der Waals surface area (Å²) in [4.78, 5) is 0. The molecule has 0 radical (unpaired) electrons. The van der Waals surface area contributed by atoms with Crippen molar-refractivity contribution in [2.45, 2.75) is 27.0 Å². The average molecular weight is 352 g/mol. The van der Waals surface area contributed by atoms with Gasteiger partial charge in [-0.1, -0.05) is 29.8 Å². The van der Waals surface area contributed by atoms with E-state index in [4.69, 9.17) is 4.74 Å². The molecule has 0 aliphatic rings. The van der Waals surface area contributed by atoms with Gasteiger partial charge in [0, 0.05) is 24.3 Å². The van der Waals surface area contributed by atoms with E-state index in [2.05, 4.69) is 46.3 Å². The number of aryl methyl sites for hydroxylation is 1. The van der Waals surface area contributed by atoms with Crippen LogP contribution in [0.4, 0.5) is 0 Å². The van der Waals surface area contributed by atoms with E-state index in [9.17, 15) is 0 Å². The molecule has 1 aromatic heterocycles. The Hall–Kier alpha value is -1.33. The lowest BCUT2D eigenvalue weighted by Crippen LogP contribution is -2.19. The molecular weight excluding hydrogens is 330 g/mol. The number of benzene rings is 1. The van der Waals surface area contributed by atoms with Crippen molar-refractivity contribution in [1.29, 1.82) is 0 Å². The largest absolute Gasteiger partial charge is 0.487 e. The van der Waals surface area contributed by atoms with Crippen LogP contribution >= 0.6 is 15.9 Å². The Kier molecular flexibility index (Phi) is 5.82. The van der Waals surface area contributed by atoms with E-state index in [1.54, 1.807) is 4.68 Å². The summed E-state index contributed by atoms with van der Waals surface area (Å²) in [5.74, 6) is 1.51. The second kappa shape index (κ2) is 7.61. The van der Waals surface area contributed by atoms with Crippen LogP contribution in [0.15, 0.2) is 34.9 Å². The van der Waals surface area contributed by atoms with Crippen molar-refractivity contribution in [1.82, 2.24) is 15.1 Å². The molecule has 0 spiro atoms. The van der Waals surface area contributed by atoms with Crippen molar-refractivity contribution in [2.24, 2.45) is 13.0 Å². The second-order valence-electron chi connectivity index (χ2n) is 5.55. The van der Waals surface area contributed by atoms with Crippen molar-refractivity contribution in [3.63, 3.8) is 0 Å². The van der Waals surface area contributed by atoms with Gasteiger partial charge in [0.25, 0.3) is 0 Å². The first-order valence-electron chi connectivity index (χ1n) is 7.15. The SMILES string of the molecule is CC(C)CNCc1cc(OCc2ccn(C)n2)ccc1Br. The third kappa shape index (κ3) is 5.17. The van der Waals surface area contributed by atoms with Gasteiger partial charge in [0.1, 0.15) is 12.4 Å². The summed E-state index contributed by atoms with van der Waals surface area (Å²) in [5, 5.41) is 7.75. The van der Waals surface area contributed by atoms with E-state index in [-0.39, 0.29) is 0 Å². The van der Waals surface area contributed by atoms with Gasteiger partial charge in [-0.05, 0) is 42.3 Å². The molecule has 0 fully saturated rings. The van der Waals surface area contributed by atoms with Gasteiger partial charge in [0.2, 0.25) is 0 Å². The van der Waals surface area contributed by atoms with Crippen LogP contribution in [0.5, 0.6) is 5.75 Å². The molecule has 1 heterocycles. The smallest absolute Gasteiger partial charge is 0.132 e. The van der Waals surface area contributed by atoms with Gasteiger partial charge in [-0.3, -0.25) is 4.68 Å². The van der Waals surface area contributed by atoms with Crippen LogP contribution in [-0.4, -0.2) is 16.3 Å². The molecule has 1 aromatic carbocycles. The molecule has 0 aliphatic carbocycles. The van der Waals surface area contributed by atoms with Crippen LogP contribution in [0.2, 0.25) is 0 Å². The number of hydrogen-bond donors (Lipinski definition) is 1. The molecule has 0 amide bonds. The fourth-order valence-electron chi connectivity index (χ4n) is 1.97. The predicted octanol–water partition coefficient (Wildman–Crippen LogP) is 3.51. The summed E-state index contributed by atoms with van der Waals surface area (Å²) in [7, 11) is 1.90. The number of nitrogens with one attached hydrogen (secondary N) is 1. The Bertz CT molecular complexity index is 581. The first-order chi connectivity index (χ1) is 10.0. The van der Waals surface area contributed by atoms with Crippen LogP contribution in [0.3, 0.4) is 0 Å². The lowest BCUT2D eigenvalue weighted by atomic mass is 10.2. The molecule has 5 heteroatoms. The van der Waals surface area contributed by atoms with Gasteiger partial charge >= 0.3 is 0 Å². The maximum atomic E-state index is 5.80. The first-order valence-corrected chi connectivity index (χ1v) is 7.94. The molecule has 0 saturated heterocycles. The van der Waals surface area contributed by atoms with Crippen LogP contribution in [0.1, 0.15) is 25.1 Å². The zero-order chi connectivity index (χ0) is 15.2. The number of rotatable bonds is 7. The summed E-state index contributed by atoms with van der Waals surface area (Å²) < 4.78 is 8.68. The molecule has 4 nitrogen and oxygen atoms in total. The summed E-state index contributed by atoms with van der Waals surface area (Å²) >= 11 is 3.59. The lowest BCUT2D eigenvalue weighted by molar-refractivity contribution is 0.299. The van der Waals surface area contributed by atoms with Crippen LogP contribution in [0, 0.1) is 5.92 Å². The molecular formula is C16H22BrN3O. The Morgan fingerprint density at radius 1 is 1.33 bits per heavy atom. The average Bonchev–Trinajstić information content (AvgIpc) is 2.85. The van der Waals surface area contributed by atoms with E-state index in [1.165, 1.54) is 5.56 Å². The van der Waals surface area contributed by atoms with Gasteiger partial charge in [-0.25, -0.2) is 0 Å². The molecule has 0 aliphatic heterocycles. The third-order valence-corrected chi connectivity index (χ3v) is 3.81. The molecule has 21 heavy (non-hydrogen) atoms. The van der Waals surface area contributed by atoms with Crippen molar-refractivity contribution < 1.29 is 4.74 Å². The number of halogens is 1. The van der Waals surface area contributed by atoms with Crippen molar-refractivity contribution >= 4 is 15.9 Å². The molecule has 0 unspecified atom stereocenters. The standard InChI is InChI=1S/C16H22BrN3O/c1-12(2)9-18-10-13-8-15(4-5-16(13)17)21-11-14-6-7-20(3)19-14/h4-8,12,18H,9-11H2,1-3H3. The maximum absolute atomic E-state index is 5.80. The van der Waals surface area contributed by atoms with E-state index in [0.717, 1.165) is 29.0 Å². The number of hydrogen-bond acceptors (Lipinski definition) is 3. The zero-order valence-electron chi connectivity index (χ0n) is 12.8. The molecule has 114 valence electrons. The lowest BCUT2D eigenvalue weighted by Gasteiger charge is -2.11. The minimum Gasteiger partial charge on any atom is -0.487 e. The van der Waals surface area contributed by atoms with Gasteiger partial charge in [0.05, 0.1) is 5.69 Å². The van der Waals surface area contributed by atoms with Crippen LogP contribution in [0.25, 0.3) is 0 Å². The van der Waals surface area contributed by atoms with Gasteiger partial charge < -0.3 is 10.1 Å². The number of ether oxygens (including phenoxy) is 1. The molecule has 2 rings (SSSR count). The molecule has 0 saturated carbocycles. The van der Waals surface area contributed by atoms with Crippen molar-refractivity contribution in [2.75, 3.05) is 6.54 Å². The highest BCUT2D eigenvalue weighted by atomic mass is 79.9. The van der Waals surface area contributed by atoms with Crippen molar-refractivity contribution in [3.05, 3.63) is 46.2 Å². The first kappa shape index (κ1) is 16.0. The van der Waals surface area contributed by atoms with E-state index >= 15 is 0 Å². The Morgan fingerprint density at radius 3 is 2.81 bits per heavy atom. The maximum Gasteiger partial charge on any atom is 0.132 e. The molecule has 0 bridgehead atoms. The normalized spacial score (nSPS) is 11.1. The van der Waals surface area contributed by atoms with Gasteiger partial charge in [-0.2, -0.15) is 5.10 Å². The quantitative estimate of drug-likeness (QED) is 0.829. The van der Waals surface area contributed by atoms with E-state index in [1.807, 2.05) is 31.4 Å². The Morgan fingerprint density at radius 2 is 2.14 bits per heavy atom. The van der Waals surface area contributed by atoms with Gasteiger partial charge in [-0.15, -0.1) is 0 Å². The highest BCUT2D eigenvalue weighted by Gasteiger charge is 2.04. The Balaban J connectivity index is 1.94. The number of nitrogens with zero attached hydrogens (tertiary/aromatic N) is 2. The monoisotopic (exact) mass is 351 g/mol. The highest BCUT2D eigenvalue weighted by Crippen LogP contribution is 2.23. The molecule has 1 N–H and O–H groups in total. The topological polar surface area (TPSA) is 39.1 Å². The van der Waals surface area contributed by atoms with E-state index in [0.29, 0.717) is 12.5 Å². The Labute approximate surface area is 134 Å². The van der Waals surface area contributed by atoms with Crippen LogP contribution in [-0.2, 0) is 20.2 Å². The van der Waals surface area contributed by atoms with Crippen LogP contribution < -0.4 is 10.1 Å². The third-order valence-electron chi connectivity index (χ3n) is 3.04. The number of aromatic nitrogens is 2.